The van der Waals surface area contributed by atoms with Crippen LogP contribution in [0.2, 0.25) is 0 Å². The molecule has 0 aromatic heterocycles. The molecule has 1 N–H and O–H groups in total. The average molecular weight is 799 g/mol. The van der Waals surface area contributed by atoms with Gasteiger partial charge >= 0.3 is 0 Å². The minimum atomic E-state index is 0.617. The SMILES string of the molecule is CCCN(CCC)C1CCc2cccc(N3OCC4=C3CCCC4)c2C1.CCCNC1CCc2cccc(N3OCC4=C3CCCC4)c2C1.c1ccc2c(c1)CCCC2. The molecule has 3 aromatic carbocycles. The fourth-order valence-electron chi connectivity index (χ4n) is 11.0. The summed E-state index contributed by atoms with van der Waals surface area (Å²) in [7, 11) is 0. The zero-order valence-electron chi connectivity index (χ0n) is 37.0. The summed E-state index contributed by atoms with van der Waals surface area (Å²) in [6.07, 6.45) is 26.4. The van der Waals surface area contributed by atoms with Gasteiger partial charge in [-0.3, -0.25) is 9.68 Å². The number of anilines is 2. The molecule has 2 heterocycles. The van der Waals surface area contributed by atoms with Gasteiger partial charge in [0.1, 0.15) is 0 Å². The van der Waals surface area contributed by atoms with Crippen molar-refractivity contribution in [3.63, 3.8) is 0 Å². The summed E-state index contributed by atoms with van der Waals surface area (Å²) in [5.74, 6) is 0. The molecule has 7 aliphatic rings. The summed E-state index contributed by atoms with van der Waals surface area (Å²) in [4.78, 5) is 15.0. The lowest BCUT2D eigenvalue weighted by Crippen LogP contribution is -2.40. The van der Waals surface area contributed by atoms with Gasteiger partial charge in [0.2, 0.25) is 0 Å². The molecule has 0 spiro atoms. The molecular weight excluding hydrogens is 725 g/mol. The Balaban J connectivity index is 0.000000134. The number of nitrogens with zero attached hydrogens (tertiary/aromatic N) is 3. The van der Waals surface area contributed by atoms with Crippen LogP contribution < -0.4 is 15.4 Å². The summed E-state index contributed by atoms with van der Waals surface area (Å²) in [6.45, 7) is 12.0. The number of hydroxylamine groups is 2. The number of aryl methyl sites for hydroxylation is 4. The largest absolute Gasteiger partial charge is 0.314 e. The van der Waals surface area contributed by atoms with Crippen LogP contribution in [0.4, 0.5) is 11.4 Å². The first-order valence-electron chi connectivity index (χ1n) is 24.2. The Kier molecular flexibility index (Phi) is 15.0. The normalized spacial score (nSPS) is 22.1. The molecule has 59 heavy (non-hydrogen) atoms. The summed E-state index contributed by atoms with van der Waals surface area (Å²) >= 11 is 0. The fourth-order valence-corrected chi connectivity index (χ4v) is 11.0. The van der Waals surface area contributed by atoms with Crippen molar-refractivity contribution >= 4 is 11.4 Å². The number of hydrogen-bond donors (Lipinski definition) is 1. The summed E-state index contributed by atoms with van der Waals surface area (Å²) < 4.78 is 0. The lowest BCUT2D eigenvalue weighted by molar-refractivity contribution is 0.165. The van der Waals surface area contributed by atoms with Crippen molar-refractivity contribution in [2.45, 2.75) is 168 Å². The lowest BCUT2D eigenvalue weighted by atomic mass is 9.85. The van der Waals surface area contributed by atoms with Crippen LogP contribution in [-0.2, 0) is 48.2 Å². The molecule has 6 nitrogen and oxygen atoms in total. The molecule has 0 radical (unpaired) electrons. The number of fused-ring (bicyclic) bond motifs is 3. The van der Waals surface area contributed by atoms with E-state index in [0.29, 0.717) is 12.1 Å². The molecule has 318 valence electrons. The highest BCUT2D eigenvalue weighted by Gasteiger charge is 2.33. The Morgan fingerprint density at radius 1 is 0.542 bits per heavy atom. The monoisotopic (exact) mass is 799 g/mol. The molecule has 2 aliphatic heterocycles. The minimum absolute atomic E-state index is 0.617. The van der Waals surface area contributed by atoms with E-state index in [1.54, 1.807) is 27.8 Å². The van der Waals surface area contributed by atoms with Crippen LogP contribution in [0.25, 0.3) is 0 Å². The van der Waals surface area contributed by atoms with Gasteiger partial charge in [0, 0.05) is 23.5 Å². The van der Waals surface area contributed by atoms with Gasteiger partial charge in [-0.2, -0.15) is 0 Å². The summed E-state index contributed by atoms with van der Waals surface area (Å²) in [5, 5.41) is 8.10. The maximum Gasteiger partial charge on any atom is 0.0984 e. The van der Waals surface area contributed by atoms with Crippen molar-refractivity contribution in [2.24, 2.45) is 0 Å². The number of rotatable bonds is 10. The first-order chi connectivity index (χ1) is 29.1. The Labute approximate surface area is 357 Å². The van der Waals surface area contributed by atoms with Gasteiger partial charge < -0.3 is 10.2 Å². The number of nitrogens with one attached hydrogen (secondary N) is 1. The molecule has 0 amide bonds. The van der Waals surface area contributed by atoms with Crippen LogP contribution in [0.1, 0.15) is 150 Å². The molecule has 0 saturated heterocycles. The van der Waals surface area contributed by atoms with Gasteiger partial charge in [0.05, 0.1) is 24.6 Å². The average Bonchev–Trinajstić information content (AvgIpc) is 3.93. The minimum Gasteiger partial charge on any atom is -0.314 e. The van der Waals surface area contributed by atoms with Crippen molar-refractivity contribution in [1.82, 2.24) is 10.2 Å². The maximum absolute atomic E-state index is 6.19. The van der Waals surface area contributed by atoms with E-state index in [4.69, 9.17) is 9.68 Å². The van der Waals surface area contributed by atoms with E-state index in [-0.39, 0.29) is 0 Å². The van der Waals surface area contributed by atoms with Gasteiger partial charge in [-0.05, 0) is 211 Å². The standard InChI is InChI=1S/C23H34N2O.C20H28N2O.C10H12/c1-3-14-24(15-4-2)20-13-12-18-9-7-11-23(21(18)16-20)25-22-10-6-5-8-19(22)17-26-25;1-2-12-21-17-11-10-15-7-5-9-20(18(15)13-17)22-19-8-4-3-6-16(19)14-23-22;1-2-6-10-8-4-3-7-9(10)5-1/h7,9,11,20H,3-6,8,10,12-17H2,1-2H3;5,7,9,17,21H,2-4,6,8,10-14H2,1H3;1-2,5-6H,3-4,7-8H2. The van der Waals surface area contributed by atoms with Crippen LogP contribution in [0.5, 0.6) is 0 Å². The zero-order chi connectivity index (χ0) is 40.4. The van der Waals surface area contributed by atoms with Crippen molar-refractivity contribution in [1.29, 1.82) is 0 Å². The number of allylic oxidation sites excluding steroid dienone is 2. The van der Waals surface area contributed by atoms with Crippen molar-refractivity contribution < 1.29 is 9.68 Å². The molecule has 5 aliphatic carbocycles. The van der Waals surface area contributed by atoms with E-state index >= 15 is 0 Å². The second kappa shape index (κ2) is 20.9. The molecule has 6 heteroatoms. The molecule has 2 unspecified atom stereocenters. The third-order valence-corrected chi connectivity index (χ3v) is 14.1. The number of benzene rings is 3. The van der Waals surface area contributed by atoms with E-state index < -0.39 is 0 Å². The van der Waals surface area contributed by atoms with Crippen LogP contribution in [0.15, 0.2) is 83.2 Å². The zero-order valence-corrected chi connectivity index (χ0v) is 37.0. The smallest absolute Gasteiger partial charge is 0.0984 e. The fraction of sp³-hybridized carbons (Fsp3) is 0.585. The van der Waals surface area contributed by atoms with Crippen molar-refractivity contribution in [2.75, 3.05) is 43.0 Å². The highest BCUT2D eigenvalue weighted by Crippen LogP contribution is 2.42. The second-order valence-corrected chi connectivity index (χ2v) is 18.3. The predicted octanol–water partition coefficient (Wildman–Crippen LogP) is 11.9. The van der Waals surface area contributed by atoms with Crippen LogP contribution in [0, 0.1) is 0 Å². The molecule has 3 aromatic rings. The van der Waals surface area contributed by atoms with E-state index in [9.17, 15) is 0 Å². The van der Waals surface area contributed by atoms with Crippen molar-refractivity contribution in [3.05, 3.63) is 117 Å². The molecule has 0 saturated carbocycles. The van der Waals surface area contributed by atoms with Gasteiger partial charge in [0.25, 0.3) is 0 Å². The molecule has 2 atom stereocenters. The quantitative estimate of drug-likeness (QED) is 0.220. The first kappa shape index (κ1) is 42.3. The van der Waals surface area contributed by atoms with Gasteiger partial charge in [0.15, 0.2) is 0 Å². The van der Waals surface area contributed by atoms with E-state index in [1.165, 1.54) is 181 Å². The van der Waals surface area contributed by atoms with Gasteiger partial charge in [-0.25, -0.2) is 10.1 Å². The van der Waals surface area contributed by atoms with E-state index in [2.05, 4.69) is 102 Å². The Hall–Kier alpha value is -3.42. The van der Waals surface area contributed by atoms with E-state index in [1.807, 2.05) is 0 Å². The Morgan fingerprint density at radius 3 is 1.61 bits per heavy atom. The Morgan fingerprint density at radius 2 is 1.05 bits per heavy atom. The summed E-state index contributed by atoms with van der Waals surface area (Å²) in [5.41, 5.74) is 17.9. The molecule has 10 rings (SSSR count). The van der Waals surface area contributed by atoms with Crippen LogP contribution in [-0.4, -0.2) is 49.8 Å². The van der Waals surface area contributed by atoms with Gasteiger partial charge in [-0.15, -0.1) is 0 Å². The predicted molar refractivity (Wildman–Crippen MR) is 246 cm³/mol. The second-order valence-electron chi connectivity index (χ2n) is 18.3. The number of hydrogen-bond acceptors (Lipinski definition) is 6. The molecule has 0 fully saturated rings. The maximum atomic E-state index is 6.19. The Bertz CT molecular complexity index is 1880. The highest BCUT2D eigenvalue weighted by atomic mass is 16.7. The van der Waals surface area contributed by atoms with Crippen LogP contribution >= 0.6 is 0 Å². The van der Waals surface area contributed by atoms with E-state index in [0.717, 1.165) is 26.2 Å². The highest BCUT2D eigenvalue weighted by molar-refractivity contribution is 5.62. The third kappa shape index (κ3) is 10.0. The molecular formula is C53H74N4O2. The lowest BCUT2D eigenvalue weighted by Gasteiger charge is -2.37. The van der Waals surface area contributed by atoms with Gasteiger partial charge in [-0.1, -0.05) is 69.3 Å². The molecule has 0 bridgehead atoms. The third-order valence-electron chi connectivity index (χ3n) is 14.1. The topological polar surface area (TPSA) is 40.2 Å². The van der Waals surface area contributed by atoms with Crippen LogP contribution in [0.3, 0.4) is 0 Å². The summed E-state index contributed by atoms with van der Waals surface area (Å²) in [6, 6.07) is 23.7. The first-order valence-corrected chi connectivity index (χ1v) is 24.2. The van der Waals surface area contributed by atoms with Crippen molar-refractivity contribution in [3.8, 4) is 0 Å².